The smallest absolute Gasteiger partial charge is 0.329 e. The third kappa shape index (κ3) is 9.86. The van der Waals surface area contributed by atoms with Gasteiger partial charge in [-0.1, -0.05) is 55.5 Å². The zero-order valence-corrected chi connectivity index (χ0v) is 37.3. The highest BCUT2D eigenvalue weighted by Gasteiger charge is 2.45. The molecule has 0 radical (unpaired) electrons. The predicted molar refractivity (Wildman–Crippen MR) is 243 cm³/mol. The van der Waals surface area contributed by atoms with Crippen molar-refractivity contribution in [1.82, 2.24) is 34.9 Å². The molecule has 4 fully saturated rings. The molecule has 4 heterocycles. The Morgan fingerprint density at radius 3 is 2.38 bits per heavy atom. The fraction of sp³-hybridized carbons (Fsp3) is 0.510. The third-order valence-corrected chi connectivity index (χ3v) is 14.3. The van der Waals surface area contributed by atoms with Crippen molar-refractivity contribution in [2.75, 3.05) is 13.1 Å². The molecule has 16 nitrogen and oxygen atoms in total. The summed E-state index contributed by atoms with van der Waals surface area (Å²) in [6, 6.07) is 16.9. The number of rotatable bonds is 13. The standard InChI is InChI=1S/C49H60N8O8/c1-29-28-55(44(60)26-31-12-10-30(11-13-31)24-32-14-17-38-41(25-32)54(2)49(65)57(38)40-19-21-43(59)53-47(40)63)23-22-35-15-18-39(56(35)48(29)64)46(62)52-37(16-20-42(50)58)45(61)51-27-34-8-5-7-33-6-3-4-9-36(33)34/h3-9,14,17,25,29-31,35,37,39-40H,10-13,15-16,18-24,26-28H2,1-2H3,(H2,50,58)(H,51,61)(H,52,62)(H,53,59,63)/t29-,30-,31+,35+,37-,39-,40?/m0/s1. The maximum atomic E-state index is 14.1. The topological polar surface area (TPSA) is 215 Å². The Hall–Kier alpha value is -6.32. The first kappa shape index (κ1) is 45.3. The summed E-state index contributed by atoms with van der Waals surface area (Å²) in [6.07, 6.45) is 6.99. The van der Waals surface area contributed by atoms with Crippen LogP contribution in [0.15, 0.2) is 65.5 Å². The van der Waals surface area contributed by atoms with Gasteiger partial charge in [-0.25, -0.2) is 4.79 Å². The van der Waals surface area contributed by atoms with Gasteiger partial charge in [-0.3, -0.25) is 48.0 Å². The minimum absolute atomic E-state index is 0.0198. The molecule has 4 aromatic rings. The highest BCUT2D eigenvalue weighted by Crippen LogP contribution is 2.35. The quantitative estimate of drug-likeness (QED) is 0.146. The van der Waals surface area contributed by atoms with E-state index in [4.69, 9.17) is 5.73 Å². The number of hydrogen-bond donors (Lipinski definition) is 4. The van der Waals surface area contributed by atoms with Gasteiger partial charge in [-0.2, -0.15) is 0 Å². The largest absolute Gasteiger partial charge is 0.370 e. The Labute approximate surface area is 377 Å². The van der Waals surface area contributed by atoms with Gasteiger partial charge in [-0.15, -0.1) is 0 Å². The first-order valence-corrected chi connectivity index (χ1v) is 23.2. The van der Waals surface area contributed by atoms with Gasteiger partial charge in [0, 0.05) is 52.0 Å². The summed E-state index contributed by atoms with van der Waals surface area (Å²) in [7, 11) is 1.70. The van der Waals surface area contributed by atoms with Gasteiger partial charge in [0.05, 0.1) is 17.0 Å². The highest BCUT2D eigenvalue weighted by molar-refractivity contribution is 6.00. The molecule has 0 spiro atoms. The molecule has 1 unspecified atom stereocenters. The molecule has 7 amide bonds. The number of nitrogens with two attached hydrogens (primary N) is 1. The second-order valence-electron chi connectivity index (χ2n) is 18.7. The van der Waals surface area contributed by atoms with Crippen LogP contribution >= 0.6 is 0 Å². The third-order valence-electron chi connectivity index (χ3n) is 14.3. The number of aromatic nitrogens is 2. The van der Waals surface area contributed by atoms with E-state index in [1.54, 1.807) is 23.4 Å². The van der Waals surface area contributed by atoms with Crippen LogP contribution in [0.4, 0.5) is 0 Å². The lowest BCUT2D eigenvalue weighted by Gasteiger charge is -2.38. The number of aryl methyl sites for hydroxylation is 1. The van der Waals surface area contributed by atoms with Crippen LogP contribution in [0.25, 0.3) is 21.8 Å². The maximum absolute atomic E-state index is 14.1. The molecule has 8 rings (SSSR count). The van der Waals surface area contributed by atoms with Crippen LogP contribution in [0.1, 0.15) is 101 Å². The molecule has 5 N–H and O–H groups in total. The summed E-state index contributed by atoms with van der Waals surface area (Å²) in [6.45, 7) is 2.77. The molecule has 3 saturated heterocycles. The van der Waals surface area contributed by atoms with E-state index in [9.17, 15) is 38.4 Å². The average molecular weight is 889 g/mol. The van der Waals surface area contributed by atoms with E-state index >= 15 is 0 Å². The molecular weight excluding hydrogens is 829 g/mol. The van der Waals surface area contributed by atoms with Crippen LogP contribution in [-0.4, -0.2) is 91.5 Å². The Bertz CT molecular complexity index is 2570. The number of benzene rings is 3. The monoisotopic (exact) mass is 888 g/mol. The lowest BCUT2D eigenvalue weighted by molar-refractivity contribution is -0.147. The van der Waals surface area contributed by atoms with Crippen molar-refractivity contribution in [1.29, 1.82) is 0 Å². The summed E-state index contributed by atoms with van der Waals surface area (Å²) in [5.74, 6) is -2.26. The lowest BCUT2D eigenvalue weighted by atomic mass is 9.78. The van der Waals surface area contributed by atoms with Crippen molar-refractivity contribution in [2.24, 2.45) is 30.5 Å². The minimum atomic E-state index is -1.03. The zero-order valence-electron chi connectivity index (χ0n) is 37.3. The van der Waals surface area contributed by atoms with Gasteiger partial charge in [0.1, 0.15) is 18.1 Å². The van der Waals surface area contributed by atoms with Crippen molar-refractivity contribution >= 4 is 63.2 Å². The Morgan fingerprint density at radius 2 is 1.62 bits per heavy atom. The number of carbonyl (C=O) groups is 7. The molecule has 1 aliphatic carbocycles. The summed E-state index contributed by atoms with van der Waals surface area (Å²) in [5, 5.41) is 10.2. The number of carbonyl (C=O) groups excluding carboxylic acids is 7. The molecular formula is C49H60N8O8. The van der Waals surface area contributed by atoms with Crippen molar-refractivity contribution in [3.8, 4) is 0 Å². The van der Waals surface area contributed by atoms with Crippen molar-refractivity contribution < 1.29 is 33.6 Å². The summed E-state index contributed by atoms with van der Waals surface area (Å²) in [5.41, 5.74) is 8.59. The van der Waals surface area contributed by atoms with Crippen molar-refractivity contribution in [3.63, 3.8) is 0 Å². The molecule has 1 aromatic heterocycles. The zero-order chi connectivity index (χ0) is 45.9. The van der Waals surface area contributed by atoms with Crippen LogP contribution < -0.4 is 27.4 Å². The molecule has 344 valence electrons. The number of nitrogens with zero attached hydrogens (tertiary/aromatic N) is 4. The van der Waals surface area contributed by atoms with Gasteiger partial charge in [0.2, 0.25) is 41.4 Å². The average Bonchev–Trinajstić information content (AvgIpc) is 3.82. The first-order valence-electron chi connectivity index (χ1n) is 23.2. The molecule has 0 bridgehead atoms. The number of hydrogen-bond acceptors (Lipinski definition) is 8. The van der Waals surface area contributed by atoms with Crippen LogP contribution in [0.2, 0.25) is 0 Å². The molecule has 5 atom stereocenters. The second kappa shape index (κ2) is 19.4. The number of amides is 7. The van der Waals surface area contributed by atoms with E-state index < -0.39 is 47.7 Å². The Kier molecular flexibility index (Phi) is 13.5. The van der Waals surface area contributed by atoms with E-state index in [0.29, 0.717) is 43.7 Å². The van der Waals surface area contributed by atoms with E-state index in [0.717, 1.165) is 59.5 Å². The van der Waals surface area contributed by atoms with Crippen LogP contribution in [0, 0.1) is 17.8 Å². The Morgan fingerprint density at radius 1 is 0.862 bits per heavy atom. The normalized spacial score (nSPS) is 24.2. The highest BCUT2D eigenvalue weighted by atomic mass is 16.2. The number of primary amides is 1. The fourth-order valence-corrected chi connectivity index (χ4v) is 10.7. The van der Waals surface area contributed by atoms with E-state index in [2.05, 4.69) is 16.0 Å². The number of nitrogens with one attached hydrogen (secondary N) is 3. The molecule has 16 heteroatoms. The van der Waals surface area contributed by atoms with Gasteiger partial charge < -0.3 is 26.2 Å². The van der Waals surface area contributed by atoms with E-state index in [-0.39, 0.29) is 74.1 Å². The van der Waals surface area contributed by atoms with E-state index in [1.807, 2.05) is 65.6 Å². The van der Waals surface area contributed by atoms with Crippen LogP contribution in [0.5, 0.6) is 0 Å². The minimum Gasteiger partial charge on any atom is -0.370 e. The van der Waals surface area contributed by atoms with Crippen molar-refractivity contribution in [2.45, 2.75) is 121 Å². The lowest BCUT2D eigenvalue weighted by Crippen LogP contribution is -2.57. The number of imide groups is 1. The van der Waals surface area contributed by atoms with Gasteiger partial charge >= 0.3 is 5.69 Å². The van der Waals surface area contributed by atoms with Gasteiger partial charge in [0.15, 0.2) is 0 Å². The number of imidazole rings is 1. The van der Waals surface area contributed by atoms with E-state index in [1.165, 1.54) is 4.57 Å². The summed E-state index contributed by atoms with van der Waals surface area (Å²) in [4.78, 5) is 108. The van der Waals surface area contributed by atoms with Gasteiger partial charge in [-0.05, 0) is 110 Å². The summed E-state index contributed by atoms with van der Waals surface area (Å²) < 4.78 is 3.06. The number of piperidine rings is 1. The molecule has 3 aromatic carbocycles. The van der Waals surface area contributed by atoms with Crippen LogP contribution in [0.3, 0.4) is 0 Å². The first-order chi connectivity index (χ1) is 31.2. The fourth-order valence-electron chi connectivity index (χ4n) is 10.7. The SMILES string of the molecule is C[C@H]1CN(C(=O)C[C@H]2CC[C@@H](Cc3ccc4c(c3)n(C)c(=O)n4C3CCC(=O)NC3=O)CC2)CC[C@H]2CC[C@@H](C(=O)N[C@@H](CCC(N)=O)C(=O)NCc3cccc4ccccc34)N2C1=O. The summed E-state index contributed by atoms with van der Waals surface area (Å²) >= 11 is 0. The number of fused-ring (bicyclic) bond motifs is 3. The van der Waals surface area contributed by atoms with Gasteiger partial charge in [0.25, 0.3) is 0 Å². The molecule has 4 aliphatic rings. The Balaban J connectivity index is 0.831. The molecule has 65 heavy (non-hydrogen) atoms. The molecule has 3 aliphatic heterocycles. The second-order valence-corrected chi connectivity index (χ2v) is 18.7. The maximum Gasteiger partial charge on any atom is 0.329 e. The van der Waals surface area contributed by atoms with Crippen molar-refractivity contribution in [3.05, 3.63) is 82.3 Å². The molecule has 1 saturated carbocycles. The van der Waals surface area contributed by atoms with Crippen LogP contribution in [-0.2, 0) is 53.6 Å². The predicted octanol–water partition coefficient (Wildman–Crippen LogP) is 3.50.